The van der Waals surface area contributed by atoms with Gasteiger partial charge in [0.2, 0.25) is 5.91 Å². The quantitative estimate of drug-likeness (QED) is 0.449. The number of ether oxygens (including phenoxy) is 3. The molecule has 2 aromatic rings. The number of aliphatic hydroxyl groups excluding tert-OH is 1. The molecule has 5 unspecified atom stereocenters. The second kappa shape index (κ2) is 12.7. The largest absolute Gasteiger partial charge is 0.453 e. The van der Waals surface area contributed by atoms with Crippen molar-refractivity contribution >= 4 is 12.0 Å². The predicted octanol–water partition coefficient (Wildman–Crippen LogP) is 2.54. The van der Waals surface area contributed by atoms with Gasteiger partial charge in [-0.1, -0.05) is 42.0 Å². The van der Waals surface area contributed by atoms with Crippen LogP contribution in [0.3, 0.4) is 0 Å². The lowest BCUT2D eigenvalue weighted by Gasteiger charge is -2.38. The van der Waals surface area contributed by atoms with Gasteiger partial charge in [-0.25, -0.2) is 9.18 Å². The zero-order valence-corrected chi connectivity index (χ0v) is 21.8. The van der Waals surface area contributed by atoms with Gasteiger partial charge in [0.15, 0.2) is 0 Å². The Kier molecular flexibility index (Phi) is 9.32. The summed E-state index contributed by atoms with van der Waals surface area (Å²) in [5.74, 6) is -0.819. The van der Waals surface area contributed by atoms with Gasteiger partial charge in [0.05, 0.1) is 26.4 Å². The molecule has 1 saturated carbocycles. The Hall–Kier alpha value is -3.05. The van der Waals surface area contributed by atoms with Crippen LogP contribution in [-0.2, 0) is 19.0 Å². The van der Waals surface area contributed by atoms with Crippen LogP contribution in [0.4, 0.5) is 9.18 Å². The number of morpholine rings is 1. The minimum atomic E-state index is -0.729. The van der Waals surface area contributed by atoms with Crippen LogP contribution in [0.5, 0.6) is 0 Å². The Bertz CT molecular complexity index is 1120. The molecule has 206 valence electrons. The van der Waals surface area contributed by atoms with E-state index >= 15 is 4.39 Å². The number of nitrogens with two attached hydrogens (primary N) is 1. The van der Waals surface area contributed by atoms with Crippen molar-refractivity contribution in [3.8, 4) is 11.1 Å². The Morgan fingerprint density at radius 3 is 2.76 bits per heavy atom. The van der Waals surface area contributed by atoms with Gasteiger partial charge in [-0.3, -0.25) is 4.79 Å². The SMILES string of the molecule is COC(=O)NCCOC(c1cccc(F)c1-c1cccc(C)c1)C1CN(C(=O)C2CC(N)C(O)C2)CCO1. The normalized spacial score (nSPS) is 24.2. The van der Waals surface area contributed by atoms with Gasteiger partial charge >= 0.3 is 6.09 Å². The van der Waals surface area contributed by atoms with E-state index in [-0.39, 0.29) is 38.1 Å². The lowest BCUT2D eigenvalue weighted by molar-refractivity contribution is -0.152. The molecule has 4 rings (SSSR count). The van der Waals surface area contributed by atoms with Gasteiger partial charge in [0.25, 0.3) is 0 Å². The number of halogens is 1. The number of methoxy groups -OCH3 is 1. The summed E-state index contributed by atoms with van der Waals surface area (Å²) in [5.41, 5.74) is 8.63. The molecule has 0 bridgehead atoms. The average Bonchev–Trinajstić information content (AvgIpc) is 3.25. The first kappa shape index (κ1) is 28.0. The first-order valence-corrected chi connectivity index (χ1v) is 12.9. The first-order chi connectivity index (χ1) is 18.3. The molecule has 4 N–H and O–H groups in total. The molecule has 10 heteroatoms. The van der Waals surface area contributed by atoms with Gasteiger partial charge < -0.3 is 35.3 Å². The number of carbonyl (C=O) groups is 2. The molecule has 1 saturated heterocycles. The molecule has 2 aliphatic rings. The van der Waals surface area contributed by atoms with Crippen LogP contribution in [-0.4, -0.2) is 80.2 Å². The van der Waals surface area contributed by atoms with Gasteiger partial charge in [-0.15, -0.1) is 0 Å². The summed E-state index contributed by atoms with van der Waals surface area (Å²) in [6.45, 7) is 3.15. The van der Waals surface area contributed by atoms with E-state index in [0.29, 0.717) is 36.1 Å². The third-order valence-corrected chi connectivity index (χ3v) is 7.18. The topological polar surface area (TPSA) is 123 Å². The summed E-state index contributed by atoms with van der Waals surface area (Å²) >= 11 is 0. The fraction of sp³-hybridized carbons (Fsp3) is 0.500. The Morgan fingerprint density at radius 1 is 1.26 bits per heavy atom. The van der Waals surface area contributed by atoms with E-state index < -0.39 is 36.3 Å². The van der Waals surface area contributed by atoms with Crippen molar-refractivity contribution in [1.29, 1.82) is 0 Å². The average molecular weight is 530 g/mol. The van der Waals surface area contributed by atoms with Gasteiger partial charge in [-0.2, -0.15) is 0 Å². The highest BCUT2D eigenvalue weighted by molar-refractivity contribution is 5.79. The van der Waals surface area contributed by atoms with Gasteiger partial charge in [0.1, 0.15) is 18.0 Å². The van der Waals surface area contributed by atoms with Gasteiger partial charge in [0, 0.05) is 37.2 Å². The summed E-state index contributed by atoms with van der Waals surface area (Å²) in [6.07, 6.45) is -1.82. The fourth-order valence-corrected chi connectivity index (χ4v) is 5.26. The summed E-state index contributed by atoms with van der Waals surface area (Å²) < 4.78 is 32.3. The Balaban J connectivity index is 1.61. The van der Waals surface area contributed by atoms with Crippen LogP contribution in [0.2, 0.25) is 0 Å². The van der Waals surface area contributed by atoms with E-state index in [2.05, 4.69) is 10.1 Å². The number of nitrogens with one attached hydrogen (secondary N) is 1. The molecule has 0 radical (unpaired) electrons. The van der Waals surface area contributed by atoms with Crippen molar-refractivity contribution in [3.63, 3.8) is 0 Å². The van der Waals surface area contributed by atoms with Crippen molar-refractivity contribution in [1.82, 2.24) is 10.2 Å². The smallest absolute Gasteiger partial charge is 0.406 e. The van der Waals surface area contributed by atoms with E-state index in [4.69, 9.17) is 15.2 Å². The van der Waals surface area contributed by atoms with Crippen LogP contribution in [0.15, 0.2) is 42.5 Å². The lowest BCUT2D eigenvalue weighted by Crippen LogP contribution is -2.50. The van der Waals surface area contributed by atoms with Gasteiger partial charge in [-0.05, 0) is 37.0 Å². The summed E-state index contributed by atoms with van der Waals surface area (Å²) in [7, 11) is 1.28. The third kappa shape index (κ3) is 6.50. The zero-order chi connectivity index (χ0) is 27.2. The number of hydrogen-bond acceptors (Lipinski definition) is 7. The summed E-state index contributed by atoms with van der Waals surface area (Å²) in [4.78, 5) is 26.5. The number of benzene rings is 2. The third-order valence-electron chi connectivity index (χ3n) is 7.18. The molecule has 1 aliphatic carbocycles. The highest BCUT2D eigenvalue weighted by Crippen LogP contribution is 2.37. The van der Waals surface area contributed by atoms with Crippen LogP contribution in [0.1, 0.15) is 30.1 Å². The predicted molar refractivity (Wildman–Crippen MR) is 139 cm³/mol. The molecule has 2 aromatic carbocycles. The monoisotopic (exact) mass is 529 g/mol. The highest BCUT2D eigenvalue weighted by atomic mass is 19.1. The Morgan fingerprint density at radius 2 is 2.05 bits per heavy atom. The molecule has 9 nitrogen and oxygen atoms in total. The maximum absolute atomic E-state index is 15.3. The van der Waals surface area contributed by atoms with Crippen LogP contribution >= 0.6 is 0 Å². The summed E-state index contributed by atoms with van der Waals surface area (Å²) in [6, 6.07) is 12.0. The molecule has 1 heterocycles. The molecular weight excluding hydrogens is 493 g/mol. The number of alkyl carbamates (subject to hydrolysis) is 1. The fourth-order valence-electron chi connectivity index (χ4n) is 5.26. The van der Waals surface area contributed by atoms with Crippen LogP contribution in [0.25, 0.3) is 11.1 Å². The first-order valence-electron chi connectivity index (χ1n) is 12.9. The second-order valence-corrected chi connectivity index (χ2v) is 9.88. The van der Waals surface area contributed by atoms with Crippen molar-refractivity contribution in [2.75, 3.05) is 40.0 Å². The van der Waals surface area contributed by atoms with Crippen LogP contribution < -0.4 is 11.1 Å². The molecule has 2 fully saturated rings. The number of aliphatic hydroxyl groups is 1. The van der Waals surface area contributed by atoms with Crippen molar-refractivity contribution in [2.24, 2.45) is 11.7 Å². The molecule has 2 amide bonds. The molecule has 0 spiro atoms. The lowest BCUT2D eigenvalue weighted by atomic mass is 9.91. The van der Waals surface area contributed by atoms with E-state index in [0.717, 1.165) is 5.56 Å². The maximum Gasteiger partial charge on any atom is 0.406 e. The van der Waals surface area contributed by atoms with E-state index in [1.54, 1.807) is 17.0 Å². The van der Waals surface area contributed by atoms with E-state index in [1.807, 2.05) is 31.2 Å². The number of nitrogens with zero attached hydrogens (tertiary/aromatic N) is 1. The zero-order valence-electron chi connectivity index (χ0n) is 21.8. The maximum atomic E-state index is 15.3. The van der Waals surface area contributed by atoms with Crippen LogP contribution in [0, 0.1) is 18.7 Å². The highest BCUT2D eigenvalue weighted by Gasteiger charge is 2.40. The molecule has 0 aromatic heterocycles. The minimum absolute atomic E-state index is 0.0745. The Labute approximate surface area is 222 Å². The molecule has 38 heavy (non-hydrogen) atoms. The molecular formula is C28H36FN3O6. The molecule has 5 atom stereocenters. The number of aryl methyl sites for hydroxylation is 1. The second-order valence-electron chi connectivity index (χ2n) is 9.88. The number of amides is 2. The van der Waals surface area contributed by atoms with E-state index in [1.165, 1.54) is 13.2 Å². The minimum Gasteiger partial charge on any atom is -0.453 e. The van der Waals surface area contributed by atoms with E-state index in [9.17, 15) is 14.7 Å². The standard InChI is InChI=1S/C28H36FN3O6/c1-17-5-3-6-18(13-17)25-20(7-4-8-21(25)29)26(38-11-9-31-28(35)36-2)24-16-32(10-12-37-24)27(34)19-14-22(30)23(33)15-19/h3-8,13,19,22-24,26,33H,9-12,14-16,30H2,1-2H3,(H,31,35). The van der Waals surface area contributed by atoms with Crippen molar-refractivity contribution in [3.05, 3.63) is 59.4 Å². The van der Waals surface area contributed by atoms with Crippen molar-refractivity contribution in [2.45, 2.75) is 44.1 Å². The number of rotatable bonds is 8. The number of carbonyl (C=O) groups excluding carboxylic acids is 2. The van der Waals surface area contributed by atoms with Crippen molar-refractivity contribution < 1.29 is 33.3 Å². The number of hydrogen-bond donors (Lipinski definition) is 3. The summed E-state index contributed by atoms with van der Waals surface area (Å²) in [5, 5.41) is 12.6. The molecule has 1 aliphatic heterocycles.